The number of fused-ring (bicyclic) bond motifs is 1. The fourth-order valence-electron chi connectivity index (χ4n) is 1.30. The van der Waals surface area contributed by atoms with Crippen LogP contribution in [0.2, 0.25) is 0 Å². The van der Waals surface area contributed by atoms with Gasteiger partial charge in [0.15, 0.2) is 5.06 Å². The Balaban J connectivity index is 2.79. The summed E-state index contributed by atoms with van der Waals surface area (Å²) in [5, 5.41) is 10.7. The molecule has 1 heterocycles. The summed E-state index contributed by atoms with van der Waals surface area (Å²) in [7, 11) is 1.62. The van der Waals surface area contributed by atoms with E-state index in [9.17, 15) is 0 Å². The number of hydrogen-bond acceptors (Lipinski definition) is 4. The van der Waals surface area contributed by atoms with Crippen LogP contribution in [-0.4, -0.2) is 7.11 Å². The van der Waals surface area contributed by atoms with Crippen molar-refractivity contribution >= 4 is 34.1 Å². The molecule has 0 spiro atoms. The van der Waals surface area contributed by atoms with E-state index >= 15 is 0 Å². The highest BCUT2D eigenvalue weighted by atomic mass is 32.1. The van der Waals surface area contributed by atoms with E-state index in [-0.39, 0.29) is 0 Å². The number of rotatable bonds is 1. The summed E-state index contributed by atoms with van der Waals surface area (Å²) < 4.78 is 6.08. The van der Waals surface area contributed by atoms with Crippen molar-refractivity contribution in [3.05, 3.63) is 23.8 Å². The van der Waals surface area contributed by atoms with Gasteiger partial charge in [-0.1, -0.05) is 11.3 Å². The van der Waals surface area contributed by atoms with E-state index < -0.39 is 0 Å². The smallest absolute Gasteiger partial charge is 0.174 e. The Labute approximate surface area is 91.1 Å². The van der Waals surface area contributed by atoms with Crippen LogP contribution in [0.5, 0.6) is 5.06 Å². The molecule has 2 aromatic rings. The Hall–Kier alpha value is -1.18. The number of nitrogens with zero attached hydrogens (tertiary/aromatic N) is 1. The first-order valence-electron chi connectivity index (χ1n) is 3.95. The molecule has 2 rings (SSSR count). The second-order valence-corrected chi connectivity index (χ2v) is 4.32. The predicted octanol–water partition coefficient (Wildman–Crippen LogP) is 3.07. The van der Waals surface area contributed by atoms with E-state index in [1.165, 1.54) is 11.3 Å². The lowest BCUT2D eigenvalue weighted by atomic mass is 10.2. The van der Waals surface area contributed by atoms with Crippen molar-refractivity contribution in [1.29, 1.82) is 5.26 Å². The Kier molecular flexibility index (Phi) is 2.36. The molecule has 0 aliphatic carbocycles. The van der Waals surface area contributed by atoms with Crippen LogP contribution in [0, 0.1) is 11.3 Å². The van der Waals surface area contributed by atoms with Gasteiger partial charge in [0.2, 0.25) is 0 Å². The molecule has 0 saturated heterocycles. The first-order valence-corrected chi connectivity index (χ1v) is 5.21. The number of benzene rings is 1. The maximum Gasteiger partial charge on any atom is 0.174 e. The van der Waals surface area contributed by atoms with Gasteiger partial charge in [-0.2, -0.15) is 5.26 Å². The Morgan fingerprint density at radius 2 is 2.21 bits per heavy atom. The zero-order valence-corrected chi connectivity index (χ0v) is 9.15. The van der Waals surface area contributed by atoms with Crippen LogP contribution in [0.25, 0.3) is 10.1 Å². The average Bonchev–Trinajstić information content (AvgIpc) is 2.59. The lowest BCUT2D eigenvalue weighted by molar-refractivity contribution is 0.427. The highest BCUT2D eigenvalue weighted by Crippen LogP contribution is 2.35. The predicted molar refractivity (Wildman–Crippen MR) is 60.3 cm³/mol. The molecule has 0 N–H and O–H groups in total. The molecule has 0 atom stereocenters. The number of methoxy groups -OCH3 is 1. The molecule has 0 radical (unpaired) electrons. The van der Waals surface area contributed by atoms with Crippen molar-refractivity contribution in [2.45, 2.75) is 4.90 Å². The fourth-order valence-corrected chi connectivity index (χ4v) is 2.49. The van der Waals surface area contributed by atoms with Crippen molar-refractivity contribution in [2.75, 3.05) is 7.11 Å². The van der Waals surface area contributed by atoms with Crippen LogP contribution >= 0.6 is 24.0 Å². The quantitative estimate of drug-likeness (QED) is 0.751. The standard InChI is InChI=1S/C10H7NOS2/c1-12-9-4-6-2-8(13)3-7(5-11)10(6)14-9/h2-4,13H,1H3. The second kappa shape index (κ2) is 3.52. The van der Waals surface area contributed by atoms with E-state index in [0.717, 1.165) is 20.0 Å². The van der Waals surface area contributed by atoms with Gasteiger partial charge >= 0.3 is 0 Å². The number of ether oxygens (including phenoxy) is 1. The topological polar surface area (TPSA) is 33.0 Å². The van der Waals surface area contributed by atoms with Gasteiger partial charge in [-0.3, -0.25) is 0 Å². The number of thiol groups is 1. The number of thiophene rings is 1. The molecule has 2 nitrogen and oxygen atoms in total. The Morgan fingerprint density at radius 3 is 2.86 bits per heavy atom. The van der Waals surface area contributed by atoms with Crippen LogP contribution in [0.15, 0.2) is 23.1 Å². The molecular formula is C10H7NOS2. The summed E-state index contributed by atoms with van der Waals surface area (Å²) in [6, 6.07) is 7.77. The third-order valence-corrected chi connectivity index (χ3v) is 3.30. The molecule has 14 heavy (non-hydrogen) atoms. The second-order valence-electron chi connectivity index (χ2n) is 2.79. The minimum atomic E-state index is 0.654. The molecule has 0 bridgehead atoms. The molecule has 0 fully saturated rings. The molecule has 1 aromatic heterocycles. The first kappa shape index (κ1) is 9.38. The largest absolute Gasteiger partial charge is 0.487 e. The Bertz CT molecular complexity index is 525. The average molecular weight is 221 g/mol. The third kappa shape index (κ3) is 1.45. The van der Waals surface area contributed by atoms with E-state index in [0.29, 0.717) is 5.56 Å². The highest BCUT2D eigenvalue weighted by Gasteiger charge is 2.07. The van der Waals surface area contributed by atoms with Gasteiger partial charge < -0.3 is 4.74 Å². The summed E-state index contributed by atoms with van der Waals surface area (Å²) in [6.07, 6.45) is 0. The number of nitriles is 1. The molecule has 0 aliphatic rings. The molecule has 4 heteroatoms. The molecule has 0 amide bonds. The monoisotopic (exact) mass is 221 g/mol. The Morgan fingerprint density at radius 1 is 1.43 bits per heavy atom. The summed E-state index contributed by atoms with van der Waals surface area (Å²) in [5.74, 6) is 0. The van der Waals surface area contributed by atoms with Crippen LogP contribution in [0.4, 0.5) is 0 Å². The summed E-state index contributed by atoms with van der Waals surface area (Å²) in [5.41, 5.74) is 0.654. The minimum Gasteiger partial charge on any atom is -0.487 e. The van der Waals surface area contributed by atoms with Crippen LogP contribution in [-0.2, 0) is 0 Å². The molecule has 1 aromatic carbocycles. The van der Waals surface area contributed by atoms with Crippen LogP contribution in [0.1, 0.15) is 5.56 Å². The molecule has 0 saturated carbocycles. The van der Waals surface area contributed by atoms with Crippen LogP contribution in [0.3, 0.4) is 0 Å². The molecule has 70 valence electrons. The van der Waals surface area contributed by atoms with Gasteiger partial charge in [0.25, 0.3) is 0 Å². The zero-order chi connectivity index (χ0) is 10.1. The van der Waals surface area contributed by atoms with Gasteiger partial charge in [-0.05, 0) is 23.6 Å². The van der Waals surface area contributed by atoms with Crippen molar-refractivity contribution < 1.29 is 4.74 Å². The number of hydrogen-bond donors (Lipinski definition) is 1. The fraction of sp³-hybridized carbons (Fsp3) is 0.100. The highest BCUT2D eigenvalue weighted by molar-refractivity contribution is 7.80. The van der Waals surface area contributed by atoms with Crippen LogP contribution < -0.4 is 4.74 Å². The first-order chi connectivity index (χ1) is 6.74. The summed E-state index contributed by atoms with van der Waals surface area (Å²) >= 11 is 5.71. The maximum atomic E-state index is 8.92. The van der Waals surface area contributed by atoms with E-state index in [4.69, 9.17) is 10.00 Å². The molecule has 0 unspecified atom stereocenters. The van der Waals surface area contributed by atoms with Crippen molar-refractivity contribution in [3.8, 4) is 11.1 Å². The molecular weight excluding hydrogens is 214 g/mol. The minimum absolute atomic E-state index is 0.654. The lowest BCUT2D eigenvalue weighted by Crippen LogP contribution is -1.74. The van der Waals surface area contributed by atoms with E-state index in [2.05, 4.69) is 18.7 Å². The van der Waals surface area contributed by atoms with Crippen molar-refractivity contribution in [1.82, 2.24) is 0 Å². The zero-order valence-electron chi connectivity index (χ0n) is 7.44. The normalized spacial score (nSPS) is 10.1. The van der Waals surface area contributed by atoms with Gasteiger partial charge in [0.05, 0.1) is 17.4 Å². The lowest BCUT2D eigenvalue weighted by Gasteiger charge is -1.94. The summed E-state index contributed by atoms with van der Waals surface area (Å²) in [4.78, 5) is 0.800. The van der Waals surface area contributed by atoms with Gasteiger partial charge in [-0.15, -0.1) is 12.6 Å². The van der Waals surface area contributed by atoms with Gasteiger partial charge in [0, 0.05) is 4.90 Å². The third-order valence-electron chi connectivity index (χ3n) is 1.90. The summed E-state index contributed by atoms with van der Waals surface area (Å²) in [6.45, 7) is 0. The SMILES string of the molecule is COc1cc2cc(S)cc(C#N)c2s1. The van der Waals surface area contributed by atoms with Gasteiger partial charge in [0.1, 0.15) is 6.07 Å². The van der Waals surface area contributed by atoms with E-state index in [1.807, 2.05) is 12.1 Å². The molecule has 0 aliphatic heterocycles. The maximum absolute atomic E-state index is 8.92. The van der Waals surface area contributed by atoms with E-state index in [1.54, 1.807) is 13.2 Å². The van der Waals surface area contributed by atoms with Crippen molar-refractivity contribution in [2.24, 2.45) is 0 Å². The van der Waals surface area contributed by atoms with Gasteiger partial charge in [-0.25, -0.2) is 0 Å². The van der Waals surface area contributed by atoms with Crippen molar-refractivity contribution in [3.63, 3.8) is 0 Å².